The van der Waals surface area contributed by atoms with E-state index in [2.05, 4.69) is 30.5 Å². The van der Waals surface area contributed by atoms with Gasteiger partial charge in [0, 0.05) is 12.6 Å². The van der Waals surface area contributed by atoms with E-state index in [1.807, 2.05) is 19.9 Å². The molecule has 7 nitrogen and oxygen atoms in total. The van der Waals surface area contributed by atoms with Crippen LogP contribution in [0.1, 0.15) is 23.2 Å². The minimum absolute atomic E-state index is 0.401. The van der Waals surface area contributed by atoms with Gasteiger partial charge in [0.2, 0.25) is 0 Å². The van der Waals surface area contributed by atoms with Crippen LogP contribution < -0.4 is 11.1 Å². The Kier molecular flexibility index (Phi) is 3.29. The zero-order valence-corrected chi connectivity index (χ0v) is 9.86. The normalized spacial score (nSPS) is 10.5. The first-order valence-electron chi connectivity index (χ1n) is 5.34. The SMILES string of the molecule is Cc1nc(CN)cc(NCc2n[nH]c(C)n2)n1. The number of nitrogens with one attached hydrogen (secondary N) is 2. The van der Waals surface area contributed by atoms with Gasteiger partial charge in [0.25, 0.3) is 0 Å². The highest BCUT2D eigenvalue weighted by Crippen LogP contribution is 2.07. The van der Waals surface area contributed by atoms with Gasteiger partial charge in [-0.05, 0) is 13.8 Å². The highest BCUT2D eigenvalue weighted by atomic mass is 15.2. The van der Waals surface area contributed by atoms with Crippen molar-refractivity contribution in [2.24, 2.45) is 5.73 Å². The lowest BCUT2D eigenvalue weighted by Crippen LogP contribution is -2.08. The molecule has 0 aliphatic carbocycles. The molecule has 0 atom stereocenters. The molecule has 0 saturated carbocycles. The molecule has 4 N–H and O–H groups in total. The zero-order chi connectivity index (χ0) is 12.3. The van der Waals surface area contributed by atoms with Crippen LogP contribution in [0.15, 0.2) is 6.07 Å². The average molecular weight is 233 g/mol. The second-order valence-electron chi connectivity index (χ2n) is 3.69. The van der Waals surface area contributed by atoms with Crippen LogP contribution in [-0.4, -0.2) is 25.1 Å². The maximum absolute atomic E-state index is 5.55. The Morgan fingerprint density at radius 2 is 2.12 bits per heavy atom. The van der Waals surface area contributed by atoms with Crippen LogP contribution in [0.5, 0.6) is 0 Å². The predicted octanol–water partition coefficient (Wildman–Crippen LogP) is 0.282. The summed E-state index contributed by atoms with van der Waals surface area (Å²) >= 11 is 0. The van der Waals surface area contributed by atoms with E-state index < -0.39 is 0 Å². The summed E-state index contributed by atoms with van der Waals surface area (Å²) in [7, 11) is 0. The quantitative estimate of drug-likeness (QED) is 0.700. The minimum Gasteiger partial charge on any atom is -0.363 e. The van der Waals surface area contributed by atoms with E-state index in [-0.39, 0.29) is 0 Å². The van der Waals surface area contributed by atoms with Crippen LogP contribution in [0.25, 0.3) is 0 Å². The van der Waals surface area contributed by atoms with Gasteiger partial charge < -0.3 is 11.1 Å². The van der Waals surface area contributed by atoms with Gasteiger partial charge in [0.1, 0.15) is 17.5 Å². The summed E-state index contributed by atoms with van der Waals surface area (Å²) in [5, 5.41) is 9.95. The van der Waals surface area contributed by atoms with Gasteiger partial charge in [-0.15, -0.1) is 0 Å². The van der Waals surface area contributed by atoms with Crippen molar-refractivity contribution in [2.75, 3.05) is 5.32 Å². The smallest absolute Gasteiger partial charge is 0.169 e. The Balaban J connectivity index is 2.05. The van der Waals surface area contributed by atoms with Crippen molar-refractivity contribution in [3.8, 4) is 0 Å². The van der Waals surface area contributed by atoms with E-state index >= 15 is 0 Å². The summed E-state index contributed by atoms with van der Waals surface area (Å²) in [6.45, 7) is 4.61. The third-order valence-electron chi connectivity index (χ3n) is 2.17. The van der Waals surface area contributed by atoms with Gasteiger partial charge in [-0.25, -0.2) is 15.0 Å². The molecule has 2 heterocycles. The molecule has 0 radical (unpaired) electrons. The molecule has 90 valence electrons. The van der Waals surface area contributed by atoms with Crippen molar-refractivity contribution in [2.45, 2.75) is 26.9 Å². The number of anilines is 1. The molecule has 0 bridgehead atoms. The van der Waals surface area contributed by atoms with Crippen molar-refractivity contribution >= 4 is 5.82 Å². The number of hydrogen-bond acceptors (Lipinski definition) is 6. The Bertz CT molecular complexity index is 505. The molecule has 0 aliphatic heterocycles. The van der Waals surface area contributed by atoms with E-state index in [1.165, 1.54) is 0 Å². The Morgan fingerprint density at radius 1 is 1.29 bits per heavy atom. The number of rotatable bonds is 4. The molecule has 0 aromatic carbocycles. The number of nitrogens with two attached hydrogens (primary N) is 1. The van der Waals surface area contributed by atoms with Gasteiger partial charge in [0.15, 0.2) is 5.82 Å². The van der Waals surface area contributed by atoms with E-state index in [0.717, 1.165) is 17.3 Å². The molecule has 2 aromatic heterocycles. The van der Waals surface area contributed by atoms with Crippen molar-refractivity contribution in [1.29, 1.82) is 0 Å². The fourth-order valence-corrected chi connectivity index (χ4v) is 1.46. The summed E-state index contributed by atoms with van der Waals surface area (Å²) in [5.74, 6) is 2.93. The number of aromatic amines is 1. The number of hydrogen-bond donors (Lipinski definition) is 3. The lowest BCUT2D eigenvalue weighted by atomic mass is 10.3. The molecule has 7 heteroatoms. The van der Waals surface area contributed by atoms with Crippen LogP contribution in [-0.2, 0) is 13.1 Å². The van der Waals surface area contributed by atoms with Gasteiger partial charge >= 0.3 is 0 Å². The van der Waals surface area contributed by atoms with Crippen molar-refractivity contribution < 1.29 is 0 Å². The van der Waals surface area contributed by atoms with Crippen LogP contribution >= 0.6 is 0 Å². The van der Waals surface area contributed by atoms with Crippen molar-refractivity contribution in [3.63, 3.8) is 0 Å². The average Bonchev–Trinajstić information content (AvgIpc) is 2.72. The first-order valence-corrected chi connectivity index (χ1v) is 5.34. The molecule has 0 saturated heterocycles. The molecule has 17 heavy (non-hydrogen) atoms. The summed E-state index contributed by atoms with van der Waals surface area (Å²) < 4.78 is 0. The lowest BCUT2D eigenvalue weighted by molar-refractivity contribution is 0.905. The predicted molar refractivity (Wildman–Crippen MR) is 63.1 cm³/mol. The molecular weight excluding hydrogens is 218 g/mol. The van der Waals surface area contributed by atoms with Crippen molar-refractivity contribution in [1.82, 2.24) is 25.1 Å². The van der Waals surface area contributed by atoms with E-state index in [0.29, 0.717) is 24.7 Å². The van der Waals surface area contributed by atoms with E-state index in [9.17, 15) is 0 Å². The first-order chi connectivity index (χ1) is 8.17. The minimum atomic E-state index is 0.401. The van der Waals surface area contributed by atoms with Gasteiger partial charge in [0.05, 0.1) is 12.2 Å². The van der Waals surface area contributed by atoms with Gasteiger partial charge in [-0.1, -0.05) is 0 Å². The Labute approximate surface area is 98.9 Å². The lowest BCUT2D eigenvalue weighted by Gasteiger charge is -2.05. The first kappa shape index (κ1) is 11.5. The molecule has 0 fully saturated rings. The number of nitrogens with zero attached hydrogens (tertiary/aromatic N) is 4. The molecule has 0 unspecified atom stereocenters. The fourth-order valence-electron chi connectivity index (χ4n) is 1.46. The fraction of sp³-hybridized carbons (Fsp3) is 0.400. The second kappa shape index (κ2) is 4.88. The summed E-state index contributed by atoms with van der Waals surface area (Å²) in [6.07, 6.45) is 0. The van der Waals surface area contributed by atoms with Gasteiger partial charge in [-0.2, -0.15) is 5.10 Å². The second-order valence-corrected chi connectivity index (χ2v) is 3.69. The summed E-state index contributed by atoms with van der Waals surface area (Å²) in [5.41, 5.74) is 6.36. The van der Waals surface area contributed by atoms with Crippen molar-refractivity contribution in [3.05, 3.63) is 29.2 Å². The number of aryl methyl sites for hydroxylation is 2. The molecule has 0 spiro atoms. The van der Waals surface area contributed by atoms with Crippen LogP contribution in [0.4, 0.5) is 5.82 Å². The molecule has 0 amide bonds. The summed E-state index contributed by atoms with van der Waals surface area (Å²) in [6, 6.07) is 1.83. The largest absolute Gasteiger partial charge is 0.363 e. The molecule has 0 aliphatic rings. The topological polar surface area (TPSA) is 105 Å². The third kappa shape index (κ3) is 2.97. The van der Waals surface area contributed by atoms with Crippen LogP contribution in [0.2, 0.25) is 0 Å². The summed E-state index contributed by atoms with van der Waals surface area (Å²) in [4.78, 5) is 12.7. The number of aromatic nitrogens is 5. The van der Waals surface area contributed by atoms with Crippen LogP contribution in [0, 0.1) is 13.8 Å². The van der Waals surface area contributed by atoms with E-state index in [1.54, 1.807) is 0 Å². The molecular formula is C10H15N7. The number of H-pyrrole nitrogens is 1. The van der Waals surface area contributed by atoms with Crippen LogP contribution in [0.3, 0.4) is 0 Å². The molecule has 2 aromatic rings. The Morgan fingerprint density at radius 3 is 2.76 bits per heavy atom. The third-order valence-corrected chi connectivity index (χ3v) is 2.17. The Hall–Kier alpha value is -2.02. The monoisotopic (exact) mass is 233 g/mol. The van der Waals surface area contributed by atoms with Gasteiger partial charge in [-0.3, -0.25) is 5.10 Å². The zero-order valence-electron chi connectivity index (χ0n) is 9.86. The maximum atomic E-state index is 5.55. The highest BCUT2D eigenvalue weighted by Gasteiger charge is 2.03. The highest BCUT2D eigenvalue weighted by molar-refractivity contribution is 5.36. The molecule has 2 rings (SSSR count). The standard InChI is InChI=1S/C10H15N7/c1-6-13-8(4-11)3-9(14-6)12-5-10-15-7(2)16-17-10/h3H,4-5,11H2,1-2H3,(H,12,13,14)(H,15,16,17). The van der Waals surface area contributed by atoms with E-state index in [4.69, 9.17) is 5.73 Å². The maximum Gasteiger partial charge on any atom is 0.169 e.